The van der Waals surface area contributed by atoms with Crippen molar-refractivity contribution >= 4 is 6.08 Å². The summed E-state index contributed by atoms with van der Waals surface area (Å²) in [6.07, 6.45) is 4.52. The smallest absolute Gasteiger partial charge is 0.0234 e. The fourth-order valence-electron chi connectivity index (χ4n) is 4.69. The zero-order valence-corrected chi connectivity index (χ0v) is 14.0. The van der Waals surface area contributed by atoms with E-state index in [1.807, 2.05) is 6.08 Å². The minimum Gasteiger partial charge on any atom is -0.298 e. The minimum absolute atomic E-state index is 0.418. The van der Waals surface area contributed by atoms with Crippen LogP contribution in [0.4, 0.5) is 0 Å². The van der Waals surface area contributed by atoms with Crippen molar-refractivity contribution in [2.45, 2.75) is 32.2 Å². The van der Waals surface area contributed by atoms with E-state index in [0.717, 1.165) is 6.54 Å². The zero-order valence-electron chi connectivity index (χ0n) is 14.0. The van der Waals surface area contributed by atoms with Crippen LogP contribution >= 0.6 is 0 Å². The van der Waals surface area contributed by atoms with E-state index in [2.05, 4.69) is 66.9 Å². The van der Waals surface area contributed by atoms with Crippen molar-refractivity contribution in [1.82, 2.24) is 4.90 Å². The number of likely N-dealkylation sites (tertiary alicyclic amines) is 1. The fraction of sp³-hybridized carbons (Fsp3) is 0.364. The maximum Gasteiger partial charge on any atom is 0.0234 e. The van der Waals surface area contributed by atoms with E-state index < -0.39 is 0 Å². The molecule has 23 heavy (non-hydrogen) atoms. The van der Waals surface area contributed by atoms with E-state index in [9.17, 15) is 0 Å². The van der Waals surface area contributed by atoms with Crippen LogP contribution in [0.25, 0.3) is 6.08 Å². The summed E-state index contributed by atoms with van der Waals surface area (Å²) in [5.41, 5.74) is 6.31. The average molecular weight is 303 g/mol. The Morgan fingerprint density at radius 1 is 1.17 bits per heavy atom. The number of hydrogen-bond donors (Lipinski definition) is 0. The first-order valence-corrected chi connectivity index (χ1v) is 8.70. The van der Waals surface area contributed by atoms with Crippen LogP contribution in [0.3, 0.4) is 0 Å². The summed E-state index contributed by atoms with van der Waals surface area (Å²) >= 11 is 0. The van der Waals surface area contributed by atoms with Gasteiger partial charge in [0.05, 0.1) is 0 Å². The highest BCUT2D eigenvalue weighted by Gasteiger charge is 2.46. The summed E-state index contributed by atoms with van der Waals surface area (Å²) < 4.78 is 0. The Balaban J connectivity index is 1.63. The van der Waals surface area contributed by atoms with Crippen molar-refractivity contribution in [2.24, 2.45) is 5.41 Å². The van der Waals surface area contributed by atoms with Crippen LogP contribution in [0.15, 0.2) is 55.1 Å². The number of hydrogen-bond acceptors (Lipinski definition) is 1. The first-order chi connectivity index (χ1) is 11.2. The number of benzene rings is 2. The van der Waals surface area contributed by atoms with Gasteiger partial charge in [0.1, 0.15) is 0 Å². The predicted octanol–water partition coefficient (Wildman–Crippen LogP) is 4.88. The molecule has 2 atom stereocenters. The van der Waals surface area contributed by atoms with Gasteiger partial charge in [0.15, 0.2) is 0 Å². The normalized spacial score (nSPS) is 26.6. The molecule has 1 fully saturated rings. The molecule has 1 saturated heterocycles. The topological polar surface area (TPSA) is 3.24 Å². The molecule has 0 spiro atoms. The summed E-state index contributed by atoms with van der Waals surface area (Å²) in [6, 6.07) is 17.7. The highest BCUT2D eigenvalue weighted by molar-refractivity contribution is 5.56. The molecule has 1 aliphatic heterocycles. The van der Waals surface area contributed by atoms with Gasteiger partial charge in [-0.2, -0.15) is 0 Å². The Labute approximate surface area is 139 Å². The molecule has 2 aromatic carbocycles. The number of rotatable bonds is 3. The van der Waals surface area contributed by atoms with Crippen molar-refractivity contribution in [3.05, 3.63) is 77.4 Å². The summed E-state index contributed by atoms with van der Waals surface area (Å²) in [4.78, 5) is 2.65. The lowest BCUT2D eigenvalue weighted by molar-refractivity contribution is 0.240. The van der Waals surface area contributed by atoms with Crippen molar-refractivity contribution in [3.8, 4) is 0 Å². The zero-order chi connectivity index (χ0) is 15.9. The second-order valence-electron chi connectivity index (χ2n) is 7.48. The van der Waals surface area contributed by atoms with Crippen molar-refractivity contribution in [3.63, 3.8) is 0 Å². The summed E-state index contributed by atoms with van der Waals surface area (Å²) in [6.45, 7) is 9.96. The van der Waals surface area contributed by atoms with Crippen LogP contribution in [0.1, 0.15) is 41.5 Å². The molecule has 1 heterocycles. The molecule has 1 nitrogen and oxygen atoms in total. The molecule has 0 amide bonds. The van der Waals surface area contributed by atoms with Gasteiger partial charge in [-0.15, -0.1) is 0 Å². The maximum absolute atomic E-state index is 4.00. The lowest BCUT2D eigenvalue weighted by Gasteiger charge is -2.37. The monoisotopic (exact) mass is 303 g/mol. The van der Waals surface area contributed by atoms with Crippen LogP contribution in [0, 0.1) is 5.41 Å². The summed E-state index contributed by atoms with van der Waals surface area (Å²) in [5, 5.41) is 0. The lowest BCUT2D eigenvalue weighted by atomic mass is 9.66. The second kappa shape index (κ2) is 5.65. The fourth-order valence-corrected chi connectivity index (χ4v) is 4.69. The van der Waals surface area contributed by atoms with Gasteiger partial charge in [-0.3, -0.25) is 4.90 Å². The third kappa shape index (κ3) is 2.53. The average Bonchev–Trinajstić information content (AvgIpc) is 2.91. The minimum atomic E-state index is 0.418. The Morgan fingerprint density at radius 2 is 2.00 bits per heavy atom. The van der Waals surface area contributed by atoms with Crippen molar-refractivity contribution < 1.29 is 0 Å². The molecular formula is C22H25N. The number of nitrogens with zero attached hydrogens (tertiary/aromatic N) is 1. The molecule has 2 aromatic rings. The molecule has 118 valence electrons. The third-order valence-electron chi connectivity index (χ3n) is 5.91. The van der Waals surface area contributed by atoms with E-state index >= 15 is 0 Å². The predicted molar refractivity (Wildman–Crippen MR) is 97.4 cm³/mol. The molecule has 0 saturated carbocycles. The van der Waals surface area contributed by atoms with Crippen LogP contribution in [-0.4, -0.2) is 18.0 Å². The van der Waals surface area contributed by atoms with E-state index in [1.165, 1.54) is 37.1 Å². The Morgan fingerprint density at radius 3 is 2.78 bits per heavy atom. The largest absolute Gasteiger partial charge is 0.298 e. The maximum atomic E-state index is 4.00. The lowest BCUT2D eigenvalue weighted by Crippen LogP contribution is -2.31. The van der Waals surface area contributed by atoms with Crippen molar-refractivity contribution in [1.29, 1.82) is 0 Å². The quantitative estimate of drug-likeness (QED) is 0.781. The second-order valence-corrected chi connectivity index (χ2v) is 7.48. The standard InChI is InChI=1S/C22H25N/c1-3-18-10-7-11-20-19(18)12-13-22(2)16-23(15-21(20)22)14-17-8-5-4-6-9-17/h3-11,21H,1,12-16H2,2H3/t21-,22-/m1/s1. The van der Waals surface area contributed by atoms with Crippen LogP contribution in [-0.2, 0) is 13.0 Å². The molecular weight excluding hydrogens is 278 g/mol. The van der Waals surface area contributed by atoms with E-state index in [1.54, 1.807) is 11.1 Å². The van der Waals surface area contributed by atoms with Gasteiger partial charge in [0.25, 0.3) is 0 Å². The first kappa shape index (κ1) is 14.7. The molecule has 0 bridgehead atoms. The van der Waals surface area contributed by atoms with Gasteiger partial charge in [-0.05, 0) is 40.5 Å². The van der Waals surface area contributed by atoms with Gasteiger partial charge >= 0.3 is 0 Å². The first-order valence-electron chi connectivity index (χ1n) is 8.70. The van der Waals surface area contributed by atoms with Gasteiger partial charge in [-0.1, -0.05) is 68.1 Å². The van der Waals surface area contributed by atoms with Gasteiger partial charge in [-0.25, -0.2) is 0 Å². The van der Waals surface area contributed by atoms with Gasteiger partial charge in [0.2, 0.25) is 0 Å². The molecule has 4 rings (SSSR count). The van der Waals surface area contributed by atoms with Gasteiger partial charge in [0, 0.05) is 25.6 Å². The van der Waals surface area contributed by atoms with Gasteiger partial charge < -0.3 is 0 Å². The molecule has 0 aromatic heterocycles. The third-order valence-corrected chi connectivity index (χ3v) is 5.91. The van der Waals surface area contributed by atoms with Crippen LogP contribution in [0.2, 0.25) is 0 Å². The molecule has 0 unspecified atom stereocenters. The van der Waals surface area contributed by atoms with E-state index in [0.29, 0.717) is 11.3 Å². The van der Waals surface area contributed by atoms with E-state index in [4.69, 9.17) is 0 Å². The number of fused-ring (bicyclic) bond motifs is 3. The summed E-state index contributed by atoms with van der Waals surface area (Å²) in [5.74, 6) is 0.662. The van der Waals surface area contributed by atoms with Crippen molar-refractivity contribution in [2.75, 3.05) is 13.1 Å². The SMILES string of the molecule is C=Cc1cccc2c1CC[C@]1(C)CN(Cc3ccccc3)C[C@H]21. The molecule has 2 aliphatic rings. The Bertz CT molecular complexity index is 718. The molecule has 0 radical (unpaired) electrons. The summed E-state index contributed by atoms with van der Waals surface area (Å²) in [7, 11) is 0. The highest BCUT2D eigenvalue weighted by Crippen LogP contribution is 2.51. The van der Waals surface area contributed by atoms with Crippen LogP contribution in [0.5, 0.6) is 0 Å². The Hall–Kier alpha value is -1.86. The molecule has 1 aliphatic carbocycles. The highest BCUT2D eigenvalue weighted by atomic mass is 15.2. The molecule has 1 heteroatoms. The Kier molecular flexibility index (Phi) is 3.61. The van der Waals surface area contributed by atoms with E-state index in [-0.39, 0.29) is 0 Å². The van der Waals surface area contributed by atoms with Crippen LogP contribution < -0.4 is 0 Å². The molecule has 0 N–H and O–H groups in total.